The summed E-state index contributed by atoms with van der Waals surface area (Å²) in [6.07, 6.45) is 61.5. The van der Waals surface area contributed by atoms with Gasteiger partial charge in [0.05, 0.1) is 0 Å². The van der Waals surface area contributed by atoms with Gasteiger partial charge in [-0.1, -0.05) is 215 Å². The van der Waals surface area contributed by atoms with Crippen LogP contribution in [0.3, 0.4) is 0 Å². The van der Waals surface area contributed by atoms with Crippen molar-refractivity contribution in [1.82, 2.24) is 0 Å². The molecule has 6 nitrogen and oxygen atoms in total. The molecule has 0 rings (SSSR count). The number of unbranched alkanes of at least 4 members (excludes halogenated alkanes) is 21. The van der Waals surface area contributed by atoms with Crippen molar-refractivity contribution >= 4 is 17.9 Å². The normalized spacial score (nSPS) is 12.8. The first-order valence-corrected chi connectivity index (χ1v) is 24.6. The highest BCUT2D eigenvalue weighted by Crippen LogP contribution is 2.15. The Morgan fingerprint density at radius 1 is 0.367 bits per heavy atom. The van der Waals surface area contributed by atoms with Crippen LogP contribution < -0.4 is 0 Å². The molecule has 60 heavy (non-hydrogen) atoms. The van der Waals surface area contributed by atoms with Gasteiger partial charge in [0.25, 0.3) is 0 Å². The number of hydrogen-bond acceptors (Lipinski definition) is 6. The van der Waals surface area contributed by atoms with Crippen molar-refractivity contribution in [1.29, 1.82) is 0 Å². The summed E-state index contributed by atoms with van der Waals surface area (Å²) in [6, 6.07) is 0. The molecule has 0 aromatic heterocycles. The Bertz CT molecular complexity index is 1190. The Hall–Kier alpha value is -3.41. The molecule has 0 aromatic carbocycles. The zero-order valence-electron chi connectivity index (χ0n) is 38.9. The molecule has 0 bridgehead atoms. The molecule has 0 aliphatic rings. The van der Waals surface area contributed by atoms with Crippen molar-refractivity contribution in [3.63, 3.8) is 0 Å². The van der Waals surface area contributed by atoms with Gasteiger partial charge >= 0.3 is 17.9 Å². The van der Waals surface area contributed by atoms with Crippen LogP contribution in [0.2, 0.25) is 0 Å². The molecule has 0 N–H and O–H groups in total. The summed E-state index contributed by atoms with van der Waals surface area (Å²) in [5, 5.41) is 0. The third kappa shape index (κ3) is 45.7. The summed E-state index contributed by atoms with van der Waals surface area (Å²) in [7, 11) is 0. The summed E-state index contributed by atoms with van der Waals surface area (Å²) in [4.78, 5) is 37.8. The van der Waals surface area contributed by atoms with Crippen LogP contribution in [-0.4, -0.2) is 37.2 Å². The van der Waals surface area contributed by atoms with E-state index in [0.717, 1.165) is 83.5 Å². The van der Waals surface area contributed by atoms with Crippen LogP contribution in [0.25, 0.3) is 0 Å². The smallest absolute Gasteiger partial charge is 0.306 e. The van der Waals surface area contributed by atoms with Crippen LogP contribution in [0, 0.1) is 0 Å². The van der Waals surface area contributed by atoms with Gasteiger partial charge in [-0.15, -0.1) is 0 Å². The lowest BCUT2D eigenvalue weighted by Gasteiger charge is -2.18. The molecular formula is C54H90O6. The molecule has 0 aliphatic carbocycles. The lowest BCUT2D eigenvalue weighted by atomic mass is 10.0. The molecule has 342 valence electrons. The van der Waals surface area contributed by atoms with E-state index in [1.807, 2.05) is 36.5 Å². The third-order valence-corrected chi connectivity index (χ3v) is 10.2. The van der Waals surface area contributed by atoms with E-state index in [9.17, 15) is 14.4 Å². The summed E-state index contributed by atoms with van der Waals surface area (Å²) in [6.45, 7) is 6.31. The van der Waals surface area contributed by atoms with E-state index in [0.29, 0.717) is 19.3 Å². The molecule has 0 fully saturated rings. The van der Waals surface area contributed by atoms with Crippen LogP contribution in [0.4, 0.5) is 0 Å². The van der Waals surface area contributed by atoms with Crippen molar-refractivity contribution in [2.24, 2.45) is 0 Å². The van der Waals surface area contributed by atoms with Gasteiger partial charge in [0.2, 0.25) is 0 Å². The van der Waals surface area contributed by atoms with Gasteiger partial charge in [0.1, 0.15) is 13.2 Å². The molecule has 1 atom stereocenters. The molecule has 0 aromatic rings. The standard InChI is InChI=1S/C54H90O6/c1-4-7-10-13-16-19-22-25-26-27-28-30-32-35-38-41-44-47-53(56)59-50-51(49-58-52(55)46-43-40-37-34-31-24-21-18-15-12-9-6-3)60-54(57)48-45-42-39-36-33-29-23-20-17-14-11-8-5-2/h8-9,11-12,14,17-18,20-21,23,29,31,33-34,51H,4-7,10,13,15-16,19,22,24-28,30,32,35-50H2,1-3H3/b11-8-,12-9-,17-14-,21-18-,23-20-,33-29-,34-31-. The highest BCUT2D eigenvalue weighted by molar-refractivity contribution is 5.71. The summed E-state index contributed by atoms with van der Waals surface area (Å²) in [5.41, 5.74) is 0. The Balaban J connectivity index is 4.44. The maximum Gasteiger partial charge on any atom is 0.306 e. The van der Waals surface area contributed by atoms with Crippen LogP contribution in [0.1, 0.15) is 220 Å². The van der Waals surface area contributed by atoms with Gasteiger partial charge in [0.15, 0.2) is 6.10 Å². The van der Waals surface area contributed by atoms with Gasteiger partial charge in [-0.25, -0.2) is 0 Å². The number of ether oxygens (including phenoxy) is 3. The van der Waals surface area contributed by atoms with Crippen LogP contribution in [0.15, 0.2) is 85.1 Å². The zero-order valence-corrected chi connectivity index (χ0v) is 38.9. The quantitative estimate of drug-likeness (QED) is 0.0200. The predicted octanol–water partition coefficient (Wildman–Crippen LogP) is 16.0. The van der Waals surface area contributed by atoms with Gasteiger partial charge in [0, 0.05) is 19.3 Å². The van der Waals surface area contributed by atoms with E-state index < -0.39 is 6.10 Å². The fourth-order valence-electron chi connectivity index (χ4n) is 6.58. The number of hydrogen-bond donors (Lipinski definition) is 0. The maximum absolute atomic E-state index is 12.7. The largest absolute Gasteiger partial charge is 0.462 e. The minimum Gasteiger partial charge on any atom is -0.462 e. The molecule has 0 radical (unpaired) electrons. The number of allylic oxidation sites excluding steroid dienone is 14. The van der Waals surface area contributed by atoms with Gasteiger partial charge in [-0.3, -0.25) is 14.4 Å². The first-order valence-electron chi connectivity index (χ1n) is 24.6. The van der Waals surface area contributed by atoms with Crippen LogP contribution in [-0.2, 0) is 28.6 Å². The summed E-state index contributed by atoms with van der Waals surface area (Å²) < 4.78 is 16.7. The minimum atomic E-state index is -0.810. The lowest BCUT2D eigenvalue weighted by Crippen LogP contribution is -2.30. The second kappa shape index (κ2) is 48.3. The molecule has 0 heterocycles. The molecule has 0 saturated heterocycles. The first kappa shape index (κ1) is 56.6. The Morgan fingerprint density at radius 2 is 0.733 bits per heavy atom. The molecule has 1 unspecified atom stereocenters. The van der Waals surface area contributed by atoms with Crippen molar-refractivity contribution in [3.8, 4) is 0 Å². The molecule has 6 heteroatoms. The molecular weight excluding hydrogens is 745 g/mol. The van der Waals surface area contributed by atoms with Crippen LogP contribution in [0.5, 0.6) is 0 Å². The van der Waals surface area contributed by atoms with Gasteiger partial charge < -0.3 is 14.2 Å². The topological polar surface area (TPSA) is 78.9 Å². The Labute approximate surface area is 369 Å². The summed E-state index contributed by atoms with van der Waals surface area (Å²) in [5.74, 6) is -0.987. The fraction of sp³-hybridized carbons (Fsp3) is 0.685. The lowest BCUT2D eigenvalue weighted by molar-refractivity contribution is -0.167. The van der Waals surface area contributed by atoms with E-state index in [1.165, 1.54) is 89.9 Å². The SMILES string of the molecule is CC\C=C/C=C\C=C/C=C\CCCCCC(=O)OC(COC(=O)CCCC/C=C\C/C=C\C/C=C\CC)COC(=O)CCCCCCCCCCCCCCCCCCC. The van der Waals surface area contributed by atoms with Crippen molar-refractivity contribution in [2.45, 2.75) is 226 Å². The molecule has 0 saturated carbocycles. The Kier molecular flexibility index (Phi) is 45.5. The number of carbonyl (C=O) groups is 3. The minimum absolute atomic E-state index is 0.104. The highest BCUT2D eigenvalue weighted by Gasteiger charge is 2.19. The van der Waals surface area contributed by atoms with E-state index in [-0.39, 0.29) is 37.5 Å². The second-order valence-corrected chi connectivity index (χ2v) is 16.1. The van der Waals surface area contributed by atoms with Crippen molar-refractivity contribution < 1.29 is 28.6 Å². The second-order valence-electron chi connectivity index (χ2n) is 16.1. The van der Waals surface area contributed by atoms with Gasteiger partial charge in [-0.2, -0.15) is 0 Å². The fourth-order valence-corrected chi connectivity index (χ4v) is 6.58. The Morgan fingerprint density at radius 3 is 1.25 bits per heavy atom. The summed E-state index contributed by atoms with van der Waals surface area (Å²) >= 11 is 0. The van der Waals surface area contributed by atoms with E-state index >= 15 is 0 Å². The van der Waals surface area contributed by atoms with E-state index in [2.05, 4.69) is 69.4 Å². The first-order chi connectivity index (χ1) is 29.5. The van der Waals surface area contributed by atoms with E-state index in [4.69, 9.17) is 14.2 Å². The number of carbonyl (C=O) groups excluding carboxylic acids is 3. The highest BCUT2D eigenvalue weighted by atomic mass is 16.6. The number of esters is 3. The molecule has 0 aliphatic heterocycles. The van der Waals surface area contributed by atoms with Crippen molar-refractivity contribution in [2.75, 3.05) is 13.2 Å². The zero-order chi connectivity index (χ0) is 43.7. The van der Waals surface area contributed by atoms with Crippen LogP contribution >= 0.6 is 0 Å². The predicted molar refractivity (Wildman–Crippen MR) is 256 cm³/mol. The number of rotatable bonds is 43. The maximum atomic E-state index is 12.7. The molecule has 0 spiro atoms. The van der Waals surface area contributed by atoms with Crippen molar-refractivity contribution in [3.05, 3.63) is 85.1 Å². The third-order valence-electron chi connectivity index (χ3n) is 10.2. The van der Waals surface area contributed by atoms with E-state index in [1.54, 1.807) is 0 Å². The van der Waals surface area contributed by atoms with Gasteiger partial charge in [-0.05, 0) is 70.6 Å². The monoisotopic (exact) mass is 835 g/mol. The molecule has 0 amide bonds. The average molecular weight is 835 g/mol. The average Bonchev–Trinajstić information content (AvgIpc) is 3.24.